The van der Waals surface area contributed by atoms with Crippen molar-refractivity contribution in [1.29, 1.82) is 0 Å². The fourth-order valence-corrected chi connectivity index (χ4v) is 2.70. The molecule has 0 aliphatic carbocycles. The zero-order valence-electron chi connectivity index (χ0n) is 11.9. The third-order valence-electron chi connectivity index (χ3n) is 3.39. The van der Waals surface area contributed by atoms with Gasteiger partial charge in [0, 0.05) is 10.0 Å². The first-order valence-corrected chi connectivity index (χ1v) is 7.35. The lowest BCUT2D eigenvalue weighted by Gasteiger charge is -2.16. The molecular formula is C17H18Cl2O. The van der Waals surface area contributed by atoms with Crippen molar-refractivity contribution < 1.29 is 4.74 Å². The molecule has 1 nitrogen and oxygen atoms in total. The summed E-state index contributed by atoms with van der Waals surface area (Å²) in [4.78, 5) is 0. The van der Waals surface area contributed by atoms with E-state index in [2.05, 4.69) is 6.07 Å². The van der Waals surface area contributed by atoms with Crippen LogP contribution in [0.3, 0.4) is 0 Å². The Morgan fingerprint density at radius 1 is 1.05 bits per heavy atom. The molecule has 0 radical (unpaired) electrons. The summed E-state index contributed by atoms with van der Waals surface area (Å²) in [5, 5.41) is 1.51. The van der Waals surface area contributed by atoms with Gasteiger partial charge in [0.1, 0.15) is 0 Å². The van der Waals surface area contributed by atoms with Crippen molar-refractivity contribution in [2.24, 2.45) is 0 Å². The third-order valence-corrected chi connectivity index (χ3v) is 3.95. The Labute approximate surface area is 130 Å². The first-order valence-electron chi connectivity index (χ1n) is 6.60. The van der Waals surface area contributed by atoms with E-state index in [-0.39, 0.29) is 6.10 Å². The van der Waals surface area contributed by atoms with Crippen LogP contribution in [-0.4, -0.2) is 0 Å². The molecule has 0 heterocycles. The highest BCUT2D eigenvalue weighted by Gasteiger charge is 2.11. The largest absolute Gasteiger partial charge is 0.369 e. The van der Waals surface area contributed by atoms with Gasteiger partial charge in [0.25, 0.3) is 0 Å². The lowest BCUT2D eigenvalue weighted by Crippen LogP contribution is -2.02. The molecule has 0 N–H and O–H groups in total. The van der Waals surface area contributed by atoms with Gasteiger partial charge >= 0.3 is 0 Å². The molecule has 1 unspecified atom stereocenters. The number of halogens is 2. The second kappa shape index (κ2) is 6.62. The third kappa shape index (κ3) is 3.76. The predicted octanol–water partition coefficient (Wildman–Crippen LogP) is 5.89. The molecule has 0 aliphatic rings. The first-order chi connectivity index (χ1) is 9.47. The molecule has 0 amide bonds. The molecule has 0 bridgehead atoms. The molecule has 3 heteroatoms. The highest BCUT2D eigenvalue weighted by atomic mass is 35.5. The standard InChI is InChI=1S/C17H18Cl2O/c1-11-4-7-16(17(19)8-11)13(3)20-10-14-5-6-15(18)9-12(14)2/h4-9,13H,10H2,1-3H3. The minimum Gasteiger partial charge on any atom is -0.369 e. The summed E-state index contributed by atoms with van der Waals surface area (Å²) in [6.45, 7) is 6.63. The normalized spacial score (nSPS) is 12.4. The van der Waals surface area contributed by atoms with Gasteiger partial charge in [-0.25, -0.2) is 0 Å². The number of hydrogen-bond acceptors (Lipinski definition) is 1. The Morgan fingerprint density at radius 2 is 1.80 bits per heavy atom. The fourth-order valence-electron chi connectivity index (χ4n) is 2.09. The van der Waals surface area contributed by atoms with Gasteiger partial charge in [-0.3, -0.25) is 0 Å². The monoisotopic (exact) mass is 308 g/mol. The molecule has 0 aromatic heterocycles. The zero-order chi connectivity index (χ0) is 14.7. The number of aryl methyl sites for hydroxylation is 2. The van der Waals surface area contributed by atoms with E-state index in [4.69, 9.17) is 27.9 Å². The Hall–Kier alpha value is -1.02. The summed E-state index contributed by atoms with van der Waals surface area (Å²) in [5.74, 6) is 0. The number of hydrogen-bond donors (Lipinski definition) is 0. The van der Waals surface area contributed by atoms with Crippen LogP contribution in [-0.2, 0) is 11.3 Å². The molecular weight excluding hydrogens is 291 g/mol. The van der Waals surface area contributed by atoms with Crippen molar-refractivity contribution in [3.63, 3.8) is 0 Å². The van der Waals surface area contributed by atoms with Crippen molar-refractivity contribution in [3.8, 4) is 0 Å². The molecule has 2 rings (SSSR count). The van der Waals surface area contributed by atoms with Crippen LogP contribution >= 0.6 is 23.2 Å². The quantitative estimate of drug-likeness (QED) is 0.684. The van der Waals surface area contributed by atoms with Crippen LogP contribution in [0, 0.1) is 13.8 Å². The Kier molecular flexibility index (Phi) is 5.09. The minimum absolute atomic E-state index is 0.0434. The molecule has 0 spiro atoms. The Bertz CT molecular complexity index is 608. The van der Waals surface area contributed by atoms with Gasteiger partial charge in [0.05, 0.1) is 12.7 Å². The van der Waals surface area contributed by atoms with E-state index in [1.807, 2.05) is 51.1 Å². The molecule has 0 aliphatic heterocycles. The van der Waals surface area contributed by atoms with E-state index in [1.165, 1.54) is 0 Å². The van der Waals surface area contributed by atoms with Crippen LogP contribution in [0.2, 0.25) is 10.0 Å². The van der Waals surface area contributed by atoms with Crippen LogP contribution in [0.15, 0.2) is 36.4 Å². The summed E-state index contributed by atoms with van der Waals surface area (Å²) < 4.78 is 5.93. The topological polar surface area (TPSA) is 9.23 Å². The summed E-state index contributed by atoms with van der Waals surface area (Å²) >= 11 is 12.2. The average molecular weight is 309 g/mol. The molecule has 2 aromatic rings. The highest BCUT2D eigenvalue weighted by molar-refractivity contribution is 6.31. The summed E-state index contributed by atoms with van der Waals surface area (Å²) in [5.41, 5.74) is 4.45. The van der Waals surface area contributed by atoms with Crippen molar-refractivity contribution in [3.05, 3.63) is 68.7 Å². The smallest absolute Gasteiger partial charge is 0.0815 e. The van der Waals surface area contributed by atoms with Crippen LogP contribution in [0.5, 0.6) is 0 Å². The van der Waals surface area contributed by atoms with E-state index < -0.39 is 0 Å². The minimum atomic E-state index is -0.0434. The van der Waals surface area contributed by atoms with Gasteiger partial charge in [-0.1, -0.05) is 41.4 Å². The SMILES string of the molecule is Cc1ccc(C(C)OCc2ccc(Cl)cc2C)c(Cl)c1. The van der Waals surface area contributed by atoms with E-state index in [0.29, 0.717) is 6.61 Å². The average Bonchev–Trinajstić information content (AvgIpc) is 2.37. The van der Waals surface area contributed by atoms with Gasteiger partial charge in [-0.15, -0.1) is 0 Å². The summed E-state index contributed by atoms with van der Waals surface area (Å²) in [6, 6.07) is 11.9. The molecule has 2 aromatic carbocycles. The van der Waals surface area contributed by atoms with Crippen molar-refractivity contribution in [2.75, 3.05) is 0 Å². The van der Waals surface area contributed by atoms with Crippen LogP contribution in [0.25, 0.3) is 0 Å². The van der Waals surface area contributed by atoms with Gasteiger partial charge in [0.2, 0.25) is 0 Å². The van der Waals surface area contributed by atoms with Crippen molar-refractivity contribution >= 4 is 23.2 Å². The summed E-state index contributed by atoms with van der Waals surface area (Å²) in [7, 11) is 0. The predicted molar refractivity (Wildman–Crippen MR) is 85.6 cm³/mol. The maximum atomic E-state index is 6.26. The molecule has 0 saturated carbocycles. The highest BCUT2D eigenvalue weighted by Crippen LogP contribution is 2.27. The summed E-state index contributed by atoms with van der Waals surface area (Å²) in [6.07, 6.45) is -0.0434. The molecule has 20 heavy (non-hydrogen) atoms. The van der Waals surface area contributed by atoms with E-state index in [9.17, 15) is 0 Å². The van der Waals surface area contributed by atoms with Gasteiger partial charge in [-0.2, -0.15) is 0 Å². The molecule has 1 atom stereocenters. The van der Waals surface area contributed by atoms with Crippen molar-refractivity contribution in [1.82, 2.24) is 0 Å². The van der Waals surface area contributed by atoms with Crippen molar-refractivity contribution in [2.45, 2.75) is 33.5 Å². The number of benzene rings is 2. The Morgan fingerprint density at radius 3 is 2.45 bits per heavy atom. The van der Waals surface area contributed by atoms with Gasteiger partial charge in [0.15, 0.2) is 0 Å². The molecule has 0 saturated heterocycles. The Balaban J connectivity index is 2.06. The second-order valence-electron chi connectivity index (χ2n) is 5.05. The van der Waals surface area contributed by atoms with E-state index in [1.54, 1.807) is 0 Å². The number of rotatable bonds is 4. The van der Waals surface area contributed by atoms with Crippen LogP contribution in [0.1, 0.15) is 35.3 Å². The lowest BCUT2D eigenvalue weighted by molar-refractivity contribution is 0.0523. The van der Waals surface area contributed by atoms with Crippen LogP contribution in [0.4, 0.5) is 0 Å². The maximum Gasteiger partial charge on any atom is 0.0815 e. The van der Waals surface area contributed by atoms with E-state index >= 15 is 0 Å². The molecule has 106 valence electrons. The number of ether oxygens (including phenoxy) is 1. The lowest BCUT2D eigenvalue weighted by atomic mass is 10.1. The molecule has 0 fully saturated rings. The zero-order valence-corrected chi connectivity index (χ0v) is 13.4. The first kappa shape index (κ1) is 15.4. The maximum absolute atomic E-state index is 6.26. The van der Waals surface area contributed by atoms with Crippen LogP contribution < -0.4 is 0 Å². The van der Waals surface area contributed by atoms with E-state index in [0.717, 1.165) is 32.3 Å². The fraction of sp³-hybridized carbons (Fsp3) is 0.294. The second-order valence-corrected chi connectivity index (χ2v) is 5.89. The van der Waals surface area contributed by atoms with Gasteiger partial charge < -0.3 is 4.74 Å². The van der Waals surface area contributed by atoms with Gasteiger partial charge in [-0.05, 0) is 61.2 Å².